The van der Waals surface area contributed by atoms with Crippen molar-refractivity contribution in [2.75, 3.05) is 17.7 Å². The van der Waals surface area contributed by atoms with Crippen LogP contribution in [0.5, 0.6) is 0 Å². The highest BCUT2D eigenvalue weighted by molar-refractivity contribution is 7.80. The van der Waals surface area contributed by atoms with Gasteiger partial charge in [-0.1, -0.05) is 31.2 Å². The van der Waals surface area contributed by atoms with Crippen molar-refractivity contribution < 1.29 is 9.53 Å². The summed E-state index contributed by atoms with van der Waals surface area (Å²) in [5.74, 6) is -0.382. The second kappa shape index (κ2) is 8.99. The zero-order valence-corrected chi connectivity index (χ0v) is 17.6. The number of rotatable bonds is 6. The largest absolute Gasteiger partial charge is 0.465 e. The number of aryl methyl sites for hydroxylation is 2. The molecule has 0 aliphatic carbocycles. The smallest absolute Gasteiger partial charge is 0.340 e. The van der Waals surface area contributed by atoms with Crippen LogP contribution in [0.3, 0.4) is 0 Å². The Morgan fingerprint density at radius 1 is 1.32 bits per heavy atom. The van der Waals surface area contributed by atoms with E-state index in [0.29, 0.717) is 22.2 Å². The van der Waals surface area contributed by atoms with Crippen LogP contribution in [0.1, 0.15) is 33.3 Å². The molecule has 0 atom stereocenters. The Morgan fingerprint density at radius 3 is 2.82 bits per heavy atom. The summed E-state index contributed by atoms with van der Waals surface area (Å²) in [6, 6.07) is 10.1. The highest BCUT2D eigenvalue weighted by Gasteiger charge is 2.17. The maximum atomic E-state index is 12.0. The van der Waals surface area contributed by atoms with Crippen LogP contribution in [0.25, 0.3) is 0 Å². The van der Waals surface area contributed by atoms with Crippen molar-refractivity contribution in [3.05, 3.63) is 64.3 Å². The molecule has 2 heterocycles. The summed E-state index contributed by atoms with van der Waals surface area (Å²) in [4.78, 5) is 13.1. The van der Waals surface area contributed by atoms with Crippen LogP contribution in [0.2, 0.25) is 0 Å². The van der Waals surface area contributed by atoms with Gasteiger partial charge >= 0.3 is 5.97 Å². The van der Waals surface area contributed by atoms with E-state index in [0.717, 1.165) is 17.0 Å². The third-order valence-corrected chi connectivity index (χ3v) is 5.65. The molecule has 0 spiro atoms. The van der Waals surface area contributed by atoms with Gasteiger partial charge in [-0.3, -0.25) is 4.68 Å². The lowest BCUT2D eigenvalue weighted by atomic mass is 10.1. The van der Waals surface area contributed by atoms with Crippen LogP contribution in [0, 0.1) is 6.92 Å². The number of ether oxygens (including phenoxy) is 1. The second-order valence-electron chi connectivity index (χ2n) is 6.23. The number of thiophene rings is 1. The summed E-state index contributed by atoms with van der Waals surface area (Å²) in [5.41, 5.74) is 3.71. The number of anilines is 2. The predicted octanol–water partition coefficient (Wildman–Crippen LogP) is 4.46. The SMILES string of the molecule is CCc1cc(C(=O)OC)c(NC(=S)Nc2cnn(Cc3ccccc3C)c2)s1. The number of nitrogens with one attached hydrogen (secondary N) is 2. The van der Waals surface area contributed by atoms with E-state index in [1.54, 1.807) is 6.20 Å². The Hall–Kier alpha value is -2.71. The number of hydrogen-bond acceptors (Lipinski definition) is 5. The average molecular weight is 415 g/mol. The van der Waals surface area contributed by atoms with Crippen LogP contribution in [-0.2, 0) is 17.7 Å². The first-order valence-electron chi connectivity index (χ1n) is 8.86. The molecule has 6 nitrogen and oxygen atoms in total. The van der Waals surface area contributed by atoms with Gasteiger partial charge in [-0.25, -0.2) is 4.79 Å². The highest BCUT2D eigenvalue weighted by atomic mass is 32.1. The molecule has 0 bridgehead atoms. The average Bonchev–Trinajstić information content (AvgIpc) is 3.29. The molecule has 1 aromatic carbocycles. The van der Waals surface area contributed by atoms with Gasteiger partial charge in [0.1, 0.15) is 5.00 Å². The molecule has 0 aliphatic rings. The minimum absolute atomic E-state index is 0.382. The molecule has 0 amide bonds. The summed E-state index contributed by atoms with van der Waals surface area (Å²) in [6.45, 7) is 4.81. The van der Waals surface area contributed by atoms with Crippen molar-refractivity contribution in [2.24, 2.45) is 0 Å². The first-order chi connectivity index (χ1) is 13.5. The second-order valence-corrected chi connectivity index (χ2v) is 7.78. The van der Waals surface area contributed by atoms with Crippen molar-refractivity contribution in [3.63, 3.8) is 0 Å². The van der Waals surface area contributed by atoms with E-state index in [4.69, 9.17) is 17.0 Å². The summed E-state index contributed by atoms with van der Waals surface area (Å²) in [5, 5.41) is 11.7. The third-order valence-electron chi connectivity index (χ3n) is 4.25. The lowest BCUT2D eigenvalue weighted by Crippen LogP contribution is -2.19. The number of carbonyl (C=O) groups is 1. The fourth-order valence-corrected chi connectivity index (χ4v) is 3.99. The molecule has 0 saturated heterocycles. The predicted molar refractivity (Wildman–Crippen MR) is 117 cm³/mol. The fraction of sp³-hybridized carbons (Fsp3) is 0.250. The molecule has 146 valence electrons. The van der Waals surface area contributed by atoms with Crippen LogP contribution >= 0.6 is 23.6 Å². The van der Waals surface area contributed by atoms with Gasteiger partial charge in [0.2, 0.25) is 0 Å². The van der Waals surface area contributed by atoms with Crippen molar-refractivity contribution in [2.45, 2.75) is 26.8 Å². The minimum Gasteiger partial charge on any atom is -0.465 e. The van der Waals surface area contributed by atoms with Crippen LogP contribution < -0.4 is 10.6 Å². The Kier molecular flexibility index (Phi) is 6.43. The molecule has 2 N–H and O–H groups in total. The summed E-state index contributed by atoms with van der Waals surface area (Å²) >= 11 is 6.89. The Morgan fingerprint density at radius 2 is 2.11 bits per heavy atom. The van der Waals surface area contributed by atoms with E-state index >= 15 is 0 Å². The van der Waals surface area contributed by atoms with Gasteiger partial charge in [0.05, 0.1) is 31.1 Å². The van der Waals surface area contributed by atoms with Crippen LogP contribution in [-0.4, -0.2) is 28.0 Å². The Bertz CT molecular complexity index is 994. The molecule has 3 aromatic rings. The van der Waals surface area contributed by atoms with Gasteiger partial charge in [0.25, 0.3) is 0 Å². The molecule has 0 aliphatic heterocycles. The highest BCUT2D eigenvalue weighted by Crippen LogP contribution is 2.29. The quantitative estimate of drug-likeness (QED) is 0.459. The number of thiocarbonyl (C=S) groups is 1. The van der Waals surface area contributed by atoms with E-state index in [1.807, 2.05) is 36.0 Å². The molecule has 0 fully saturated rings. The van der Waals surface area contributed by atoms with E-state index in [9.17, 15) is 4.79 Å². The maximum absolute atomic E-state index is 12.0. The Balaban J connectivity index is 1.66. The van der Waals surface area contributed by atoms with Crippen LogP contribution in [0.15, 0.2) is 42.7 Å². The molecular formula is C20H22N4O2S2. The summed E-state index contributed by atoms with van der Waals surface area (Å²) in [7, 11) is 1.37. The number of benzene rings is 1. The molecule has 2 aromatic heterocycles. The summed E-state index contributed by atoms with van der Waals surface area (Å²) in [6.07, 6.45) is 4.45. The lowest BCUT2D eigenvalue weighted by molar-refractivity contribution is 0.0602. The molecular weight excluding hydrogens is 392 g/mol. The zero-order chi connectivity index (χ0) is 20.1. The zero-order valence-electron chi connectivity index (χ0n) is 16.0. The van der Waals surface area contributed by atoms with Crippen molar-refractivity contribution in [1.82, 2.24) is 9.78 Å². The van der Waals surface area contributed by atoms with Gasteiger partial charge in [0, 0.05) is 11.1 Å². The van der Waals surface area contributed by atoms with Gasteiger partial charge in [-0.2, -0.15) is 5.10 Å². The number of aromatic nitrogens is 2. The van der Waals surface area contributed by atoms with Gasteiger partial charge in [-0.15, -0.1) is 11.3 Å². The topological polar surface area (TPSA) is 68.2 Å². The standard InChI is InChI=1S/C20H22N4O2S2/c1-4-16-9-17(19(25)26-3)18(28-16)23-20(27)22-15-10-21-24(12-15)11-14-8-6-5-7-13(14)2/h5-10,12H,4,11H2,1-3H3,(H2,22,23,27). The molecule has 0 unspecified atom stereocenters. The lowest BCUT2D eigenvalue weighted by Gasteiger charge is -2.09. The monoisotopic (exact) mass is 414 g/mol. The van der Waals surface area contributed by atoms with Gasteiger partial charge in [0.15, 0.2) is 5.11 Å². The van der Waals surface area contributed by atoms with Gasteiger partial charge < -0.3 is 15.4 Å². The Labute approximate surface area is 173 Å². The normalized spacial score (nSPS) is 10.5. The number of carbonyl (C=O) groups excluding carboxylic acids is 1. The van der Waals surface area contributed by atoms with E-state index < -0.39 is 0 Å². The number of nitrogens with zero attached hydrogens (tertiary/aromatic N) is 2. The molecule has 8 heteroatoms. The molecule has 3 rings (SSSR count). The number of methoxy groups -OCH3 is 1. The van der Waals surface area contributed by atoms with Gasteiger partial charge in [-0.05, 0) is 42.8 Å². The summed E-state index contributed by atoms with van der Waals surface area (Å²) < 4.78 is 6.71. The van der Waals surface area contributed by atoms with E-state index in [1.165, 1.54) is 29.6 Å². The van der Waals surface area contributed by atoms with Crippen molar-refractivity contribution in [3.8, 4) is 0 Å². The third kappa shape index (κ3) is 4.76. The number of esters is 1. The molecule has 0 saturated carbocycles. The first kappa shape index (κ1) is 20.0. The number of hydrogen-bond donors (Lipinski definition) is 2. The minimum atomic E-state index is -0.382. The molecule has 0 radical (unpaired) electrons. The van der Waals surface area contributed by atoms with E-state index in [2.05, 4.69) is 34.8 Å². The van der Waals surface area contributed by atoms with Crippen molar-refractivity contribution in [1.29, 1.82) is 0 Å². The maximum Gasteiger partial charge on any atom is 0.340 e. The van der Waals surface area contributed by atoms with E-state index in [-0.39, 0.29) is 5.97 Å². The fourth-order valence-electron chi connectivity index (χ4n) is 2.71. The molecule has 28 heavy (non-hydrogen) atoms. The van der Waals surface area contributed by atoms with Crippen molar-refractivity contribution >= 4 is 45.3 Å². The van der Waals surface area contributed by atoms with Crippen LogP contribution in [0.4, 0.5) is 10.7 Å². The first-order valence-corrected chi connectivity index (χ1v) is 10.1.